The lowest BCUT2D eigenvalue weighted by Crippen LogP contribution is -2.21. The molecule has 0 radical (unpaired) electrons. The molecule has 0 aromatic heterocycles. The number of allylic oxidation sites excluding steroid dienone is 2. The summed E-state index contributed by atoms with van der Waals surface area (Å²) in [6.45, 7) is 4.60. The van der Waals surface area contributed by atoms with Crippen molar-refractivity contribution in [2.75, 3.05) is 13.1 Å². The minimum atomic E-state index is 0.641. The fraction of sp³-hybridized carbons (Fsp3) is 0.800. The Balaban J connectivity index is 1.67. The minimum Gasteiger partial charge on any atom is -0.316 e. The van der Waals surface area contributed by atoms with E-state index in [0.717, 1.165) is 6.54 Å². The van der Waals surface area contributed by atoms with Crippen molar-refractivity contribution in [1.82, 2.24) is 5.32 Å². The van der Waals surface area contributed by atoms with Crippen molar-refractivity contribution in [3.8, 4) is 0 Å². The van der Waals surface area contributed by atoms with Gasteiger partial charge in [-0.1, -0.05) is 102 Å². The van der Waals surface area contributed by atoms with Crippen LogP contribution in [-0.4, -0.2) is 13.1 Å². The van der Waals surface area contributed by atoms with E-state index in [2.05, 4.69) is 36.5 Å². The Kier molecular flexibility index (Phi) is 12.7. The van der Waals surface area contributed by atoms with Gasteiger partial charge in [-0.15, -0.1) is 0 Å². The quantitative estimate of drug-likeness (QED) is 0.364. The van der Waals surface area contributed by atoms with E-state index in [4.69, 9.17) is 0 Å². The fourth-order valence-electron chi connectivity index (χ4n) is 2.97. The molecule has 0 unspecified atom stereocenters. The van der Waals surface area contributed by atoms with Gasteiger partial charge in [-0.2, -0.15) is 0 Å². The summed E-state index contributed by atoms with van der Waals surface area (Å²) in [7, 11) is 0. The SMILES string of the molecule is CCCCCCCCCCCCCCNCC1C=CC=C1. The van der Waals surface area contributed by atoms with Crippen LogP contribution in [0.3, 0.4) is 0 Å². The third-order valence-electron chi connectivity index (χ3n) is 4.41. The van der Waals surface area contributed by atoms with Gasteiger partial charge in [-0.25, -0.2) is 0 Å². The van der Waals surface area contributed by atoms with Crippen molar-refractivity contribution in [3.05, 3.63) is 24.3 Å². The van der Waals surface area contributed by atoms with E-state index >= 15 is 0 Å². The van der Waals surface area contributed by atoms with Crippen molar-refractivity contribution >= 4 is 0 Å². The highest BCUT2D eigenvalue weighted by Gasteiger charge is 2.01. The number of hydrogen-bond acceptors (Lipinski definition) is 1. The molecule has 0 heterocycles. The van der Waals surface area contributed by atoms with Gasteiger partial charge in [0.1, 0.15) is 0 Å². The molecule has 0 saturated heterocycles. The summed E-state index contributed by atoms with van der Waals surface area (Å²) in [6, 6.07) is 0. The molecule has 1 rings (SSSR count). The molecule has 21 heavy (non-hydrogen) atoms. The normalized spacial score (nSPS) is 14.3. The highest BCUT2D eigenvalue weighted by atomic mass is 14.8. The van der Waals surface area contributed by atoms with Gasteiger partial charge in [0.2, 0.25) is 0 Å². The molecular formula is C20H37N. The predicted molar refractivity (Wildman–Crippen MR) is 95.7 cm³/mol. The fourth-order valence-corrected chi connectivity index (χ4v) is 2.97. The Hall–Kier alpha value is -0.560. The zero-order chi connectivity index (χ0) is 15.0. The summed E-state index contributed by atoms with van der Waals surface area (Å²) < 4.78 is 0. The van der Waals surface area contributed by atoms with Crippen LogP contribution >= 0.6 is 0 Å². The Bertz CT molecular complexity index is 255. The van der Waals surface area contributed by atoms with E-state index in [9.17, 15) is 0 Å². The molecule has 1 aliphatic carbocycles. The van der Waals surface area contributed by atoms with Gasteiger partial charge in [0, 0.05) is 12.5 Å². The zero-order valence-electron chi connectivity index (χ0n) is 14.3. The Morgan fingerprint density at radius 2 is 1.14 bits per heavy atom. The van der Waals surface area contributed by atoms with Crippen LogP contribution in [0.1, 0.15) is 84.0 Å². The Labute approximate surface area is 133 Å². The first kappa shape index (κ1) is 18.5. The van der Waals surface area contributed by atoms with Gasteiger partial charge in [0.25, 0.3) is 0 Å². The molecule has 0 aromatic rings. The predicted octanol–water partition coefficient (Wildman–Crippen LogP) is 6.02. The first-order chi connectivity index (χ1) is 10.4. The van der Waals surface area contributed by atoms with Crippen LogP contribution in [0, 0.1) is 5.92 Å². The lowest BCUT2D eigenvalue weighted by Gasteiger charge is -2.07. The van der Waals surface area contributed by atoms with Gasteiger partial charge >= 0.3 is 0 Å². The maximum absolute atomic E-state index is 3.56. The monoisotopic (exact) mass is 291 g/mol. The summed E-state index contributed by atoms with van der Waals surface area (Å²) in [5.41, 5.74) is 0. The van der Waals surface area contributed by atoms with E-state index in [1.165, 1.54) is 83.6 Å². The van der Waals surface area contributed by atoms with Crippen LogP contribution in [0.25, 0.3) is 0 Å². The number of unbranched alkanes of at least 4 members (excludes halogenated alkanes) is 11. The van der Waals surface area contributed by atoms with Crippen molar-refractivity contribution in [2.45, 2.75) is 84.0 Å². The second kappa shape index (κ2) is 14.4. The van der Waals surface area contributed by atoms with Crippen LogP contribution in [-0.2, 0) is 0 Å². The topological polar surface area (TPSA) is 12.0 Å². The average molecular weight is 292 g/mol. The lowest BCUT2D eigenvalue weighted by atomic mass is 10.1. The number of hydrogen-bond donors (Lipinski definition) is 1. The standard InChI is InChI=1S/C20H37N/c1-2-3-4-5-6-7-8-9-10-11-12-15-18-21-19-20-16-13-14-17-20/h13-14,16-17,20-21H,2-12,15,18-19H2,1H3. The van der Waals surface area contributed by atoms with E-state index < -0.39 is 0 Å². The van der Waals surface area contributed by atoms with Crippen LogP contribution in [0.2, 0.25) is 0 Å². The Morgan fingerprint density at radius 3 is 1.67 bits per heavy atom. The van der Waals surface area contributed by atoms with Gasteiger partial charge in [0.05, 0.1) is 0 Å². The molecule has 1 nitrogen and oxygen atoms in total. The van der Waals surface area contributed by atoms with Gasteiger partial charge in [-0.05, 0) is 13.0 Å². The van der Waals surface area contributed by atoms with Crippen LogP contribution in [0.5, 0.6) is 0 Å². The van der Waals surface area contributed by atoms with Crippen LogP contribution in [0.15, 0.2) is 24.3 Å². The number of rotatable bonds is 15. The van der Waals surface area contributed by atoms with E-state index in [1.54, 1.807) is 0 Å². The molecule has 0 fully saturated rings. The highest BCUT2D eigenvalue weighted by molar-refractivity contribution is 5.17. The second-order valence-corrected chi connectivity index (χ2v) is 6.53. The maximum atomic E-state index is 3.56. The van der Waals surface area contributed by atoms with Crippen molar-refractivity contribution in [2.24, 2.45) is 5.92 Å². The maximum Gasteiger partial charge on any atom is 0.00779 e. The van der Waals surface area contributed by atoms with Crippen molar-refractivity contribution < 1.29 is 0 Å². The molecule has 0 saturated carbocycles. The minimum absolute atomic E-state index is 0.641. The van der Waals surface area contributed by atoms with Gasteiger partial charge in [-0.3, -0.25) is 0 Å². The summed E-state index contributed by atoms with van der Waals surface area (Å²) in [4.78, 5) is 0. The van der Waals surface area contributed by atoms with Crippen LogP contribution in [0.4, 0.5) is 0 Å². The third kappa shape index (κ3) is 11.7. The molecule has 1 N–H and O–H groups in total. The first-order valence-corrected chi connectivity index (χ1v) is 9.49. The highest BCUT2D eigenvalue weighted by Crippen LogP contribution is 2.12. The Morgan fingerprint density at radius 1 is 0.667 bits per heavy atom. The van der Waals surface area contributed by atoms with Gasteiger partial charge < -0.3 is 5.32 Å². The van der Waals surface area contributed by atoms with E-state index in [-0.39, 0.29) is 0 Å². The summed E-state index contributed by atoms with van der Waals surface area (Å²) in [6.07, 6.45) is 26.0. The molecule has 1 heteroatoms. The molecule has 0 aromatic carbocycles. The van der Waals surface area contributed by atoms with Gasteiger partial charge in [0.15, 0.2) is 0 Å². The van der Waals surface area contributed by atoms with Crippen molar-refractivity contribution in [1.29, 1.82) is 0 Å². The molecular weight excluding hydrogens is 254 g/mol. The largest absolute Gasteiger partial charge is 0.316 e. The summed E-state index contributed by atoms with van der Waals surface area (Å²) in [5.74, 6) is 0.641. The van der Waals surface area contributed by atoms with Crippen molar-refractivity contribution in [3.63, 3.8) is 0 Å². The molecule has 0 spiro atoms. The molecule has 0 bridgehead atoms. The average Bonchev–Trinajstić information content (AvgIpc) is 3.01. The molecule has 122 valence electrons. The van der Waals surface area contributed by atoms with Crippen LogP contribution < -0.4 is 5.32 Å². The summed E-state index contributed by atoms with van der Waals surface area (Å²) >= 11 is 0. The lowest BCUT2D eigenvalue weighted by molar-refractivity contribution is 0.531. The van der Waals surface area contributed by atoms with E-state index in [0.29, 0.717) is 5.92 Å². The first-order valence-electron chi connectivity index (χ1n) is 9.49. The second-order valence-electron chi connectivity index (χ2n) is 6.53. The third-order valence-corrected chi connectivity index (χ3v) is 4.41. The smallest absolute Gasteiger partial charge is 0.00779 e. The molecule has 1 aliphatic rings. The molecule has 0 amide bonds. The number of nitrogens with one attached hydrogen (secondary N) is 1. The summed E-state index contributed by atoms with van der Waals surface area (Å²) in [5, 5.41) is 3.56. The molecule has 0 aliphatic heterocycles. The molecule has 0 atom stereocenters. The zero-order valence-corrected chi connectivity index (χ0v) is 14.3. The van der Waals surface area contributed by atoms with E-state index in [1.807, 2.05) is 0 Å².